The van der Waals surface area contributed by atoms with Gasteiger partial charge in [-0.2, -0.15) is 0 Å². The van der Waals surface area contributed by atoms with Gasteiger partial charge in [0.05, 0.1) is 10.8 Å². The van der Waals surface area contributed by atoms with Gasteiger partial charge in [0.1, 0.15) is 10.5 Å². The first-order chi connectivity index (χ1) is 8.10. The highest BCUT2D eigenvalue weighted by Crippen LogP contribution is 2.22. The molecule has 0 aliphatic heterocycles. The quantitative estimate of drug-likeness (QED) is 0.795. The Balaban J connectivity index is 3.29. The van der Waals surface area contributed by atoms with Crippen LogP contribution in [0.2, 0.25) is 0 Å². The van der Waals surface area contributed by atoms with Crippen LogP contribution in [0, 0.1) is 6.92 Å². The number of carbonyl (C=O) groups excluding carboxylic acids is 1. The van der Waals surface area contributed by atoms with Gasteiger partial charge in [-0.05, 0) is 39.8 Å². The molecule has 0 aliphatic carbocycles. The fourth-order valence-corrected chi connectivity index (χ4v) is 2.14. The molecule has 1 unspecified atom stereocenters. The zero-order chi connectivity index (χ0) is 14.1. The molecule has 2 nitrogen and oxygen atoms in total. The third-order valence-electron chi connectivity index (χ3n) is 2.28. The van der Waals surface area contributed by atoms with Gasteiger partial charge in [0.25, 0.3) is 0 Å². The number of benzene rings is 1. The van der Waals surface area contributed by atoms with Crippen molar-refractivity contribution in [3.05, 3.63) is 29.8 Å². The van der Waals surface area contributed by atoms with Crippen molar-refractivity contribution in [1.29, 1.82) is 0 Å². The van der Waals surface area contributed by atoms with Crippen LogP contribution in [-0.2, 0) is 15.6 Å². The lowest BCUT2D eigenvalue weighted by molar-refractivity contribution is -0.118. The predicted molar refractivity (Wildman–Crippen MR) is 62.3 cm³/mol. The van der Waals surface area contributed by atoms with Crippen LogP contribution in [-0.4, -0.2) is 14.7 Å². The Morgan fingerprint density at radius 2 is 1.93 bits per heavy atom. The number of aryl methyl sites for hydroxylation is 1. The summed E-state index contributed by atoms with van der Waals surface area (Å²) in [5.74, 6) is -0.596. The smallest absolute Gasteiger partial charge is 0.148 e. The average molecular weight is 227 g/mol. The first-order valence-electron chi connectivity index (χ1n) is 6.10. The van der Waals surface area contributed by atoms with E-state index in [1.807, 2.05) is 6.92 Å². The number of ketones is 1. The van der Waals surface area contributed by atoms with E-state index in [-0.39, 0.29) is 0 Å². The Labute approximate surface area is 97.4 Å². The highest BCUT2D eigenvalue weighted by Gasteiger charge is 2.32. The van der Waals surface area contributed by atoms with E-state index in [0.29, 0.717) is 4.90 Å². The van der Waals surface area contributed by atoms with Crippen molar-refractivity contribution in [3.63, 3.8) is 0 Å². The van der Waals surface area contributed by atoms with Crippen LogP contribution >= 0.6 is 0 Å². The molecule has 0 bridgehead atoms. The van der Waals surface area contributed by atoms with Crippen LogP contribution in [0.3, 0.4) is 0 Å². The van der Waals surface area contributed by atoms with Gasteiger partial charge < -0.3 is 0 Å². The van der Waals surface area contributed by atoms with E-state index in [2.05, 4.69) is 0 Å². The largest absolute Gasteiger partial charge is 0.298 e. The van der Waals surface area contributed by atoms with Crippen LogP contribution in [0.4, 0.5) is 0 Å². The molecule has 2 atom stereocenters. The van der Waals surface area contributed by atoms with Crippen LogP contribution in [0.15, 0.2) is 29.2 Å². The number of rotatable bonds is 3. The van der Waals surface area contributed by atoms with Gasteiger partial charge in [0, 0.05) is 9.01 Å². The Hall–Kier alpha value is -0.960. The summed E-state index contributed by atoms with van der Waals surface area (Å²) in [5, 5.41) is 0. The van der Waals surface area contributed by atoms with Gasteiger partial charge in [-0.15, -0.1) is 0 Å². The monoisotopic (exact) mass is 227 g/mol. The first kappa shape index (κ1) is 8.22. The zero-order valence-corrected chi connectivity index (χ0v) is 9.85. The number of Topliss-reactive ketones (excluding diaryl/α,β-unsaturated/α-hetero) is 1. The molecule has 0 saturated heterocycles. The molecule has 0 amide bonds. The molecule has 0 aromatic heterocycles. The maximum absolute atomic E-state index is 12.4. The summed E-state index contributed by atoms with van der Waals surface area (Å²) >= 11 is 0. The maximum atomic E-state index is 12.4. The van der Waals surface area contributed by atoms with Crippen molar-refractivity contribution in [3.8, 4) is 0 Å². The van der Waals surface area contributed by atoms with Crippen molar-refractivity contribution < 1.29 is 13.1 Å². The third kappa shape index (κ3) is 2.53. The van der Waals surface area contributed by atoms with Crippen molar-refractivity contribution in [2.75, 3.05) is 0 Å². The molecule has 1 rings (SSSR count). The molecule has 0 radical (unpaired) electrons. The van der Waals surface area contributed by atoms with Crippen molar-refractivity contribution in [2.45, 2.75) is 37.3 Å². The van der Waals surface area contributed by atoms with Gasteiger partial charge in [-0.25, -0.2) is 0 Å². The molecular weight excluding hydrogens is 208 g/mol. The SMILES string of the molecule is [2H]C([2H])([2H])C(C)(C(C)=O)[S@](=O)c1ccc(C)cc1. The zero-order valence-electron chi connectivity index (χ0n) is 12.0. The summed E-state index contributed by atoms with van der Waals surface area (Å²) in [6.45, 7) is 1.67. The standard InChI is InChI=1S/C12H16O2S/c1-9-5-7-11(8-6-9)15(14)12(3,4)10(2)13/h5-8H,1-4H3/t15-/m1/s1/i3D3/t12?,15-. The lowest BCUT2D eigenvalue weighted by Crippen LogP contribution is -2.34. The van der Waals surface area contributed by atoms with Crippen LogP contribution in [0.1, 0.15) is 30.4 Å². The number of hydrogen-bond acceptors (Lipinski definition) is 2. The molecule has 1 aromatic carbocycles. The Morgan fingerprint density at radius 1 is 1.40 bits per heavy atom. The summed E-state index contributed by atoms with van der Waals surface area (Å²) in [4.78, 5) is 12.0. The summed E-state index contributed by atoms with van der Waals surface area (Å²) < 4.78 is 32.9. The van der Waals surface area contributed by atoms with Gasteiger partial charge in [-0.1, -0.05) is 17.7 Å². The van der Waals surface area contributed by atoms with Crippen molar-refractivity contribution in [1.82, 2.24) is 0 Å². The third-order valence-corrected chi connectivity index (χ3v) is 4.01. The van der Waals surface area contributed by atoms with Gasteiger partial charge in [-0.3, -0.25) is 9.00 Å². The highest BCUT2D eigenvalue weighted by molar-refractivity contribution is 7.87. The minimum atomic E-state index is -2.60. The molecule has 82 valence electrons. The maximum Gasteiger partial charge on any atom is 0.148 e. The lowest BCUT2D eigenvalue weighted by atomic mass is 10.1. The summed E-state index contributed by atoms with van der Waals surface area (Å²) in [6, 6.07) is 6.68. The molecule has 0 aliphatic rings. The van der Waals surface area contributed by atoms with E-state index < -0.39 is 28.2 Å². The normalized spacial score (nSPS) is 20.6. The topological polar surface area (TPSA) is 34.1 Å². The first-order valence-corrected chi connectivity index (χ1v) is 5.75. The number of carbonyl (C=O) groups is 1. The van der Waals surface area contributed by atoms with Crippen LogP contribution < -0.4 is 0 Å². The molecule has 0 fully saturated rings. The van der Waals surface area contributed by atoms with Gasteiger partial charge in [0.2, 0.25) is 0 Å². The Bertz CT molecular complexity index is 479. The second-order valence-electron chi connectivity index (χ2n) is 3.67. The number of hydrogen-bond donors (Lipinski definition) is 0. The van der Waals surface area contributed by atoms with Gasteiger partial charge >= 0.3 is 0 Å². The van der Waals surface area contributed by atoms with E-state index in [4.69, 9.17) is 4.11 Å². The molecule has 3 heteroatoms. The van der Waals surface area contributed by atoms with Crippen LogP contribution in [0.25, 0.3) is 0 Å². The lowest BCUT2D eigenvalue weighted by Gasteiger charge is -2.20. The summed E-state index contributed by atoms with van der Waals surface area (Å²) in [7, 11) is -1.91. The second kappa shape index (κ2) is 4.27. The Kier molecular flexibility index (Phi) is 2.34. The van der Waals surface area contributed by atoms with Crippen LogP contribution in [0.5, 0.6) is 0 Å². The molecule has 15 heavy (non-hydrogen) atoms. The van der Waals surface area contributed by atoms with E-state index in [9.17, 15) is 9.00 Å². The van der Waals surface area contributed by atoms with Gasteiger partial charge in [0.15, 0.2) is 0 Å². The summed E-state index contributed by atoms with van der Waals surface area (Å²) in [6.07, 6.45) is 0. The summed E-state index contributed by atoms with van der Waals surface area (Å²) in [5.41, 5.74) is 0.981. The second-order valence-corrected chi connectivity index (χ2v) is 5.50. The minimum absolute atomic E-state index is 0.356. The Morgan fingerprint density at radius 3 is 2.33 bits per heavy atom. The molecule has 0 spiro atoms. The van der Waals surface area contributed by atoms with E-state index >= 15 is 0 Å². The molecule has 0 heterocycles. The molecule has 0 N–H and O–H groups in total. The molecule has 0 saturated carbocycles. The van der Waals surface area contributed by atoms with E-state index in [0.717, 1.165) is 5.56 Å². The highest BCUT2D eigenvalue weighted by atomic mass is 32.2. The van der Waals surface area contributed by atoms with Crippen molar-refractivity contribution in [2.24, 2.45) is 0 Å². The predicted octanol–water partition coefficient (Wildman–Crippen LogP) is 2.47. The molecular formula is C12H16O2S. The molecule has 1 aromatic rings. The fraction of sp³-hybridized carbons (Fsp3) is 0.417. The van der Waals surface area contributed by atoms with E-state index in [1.54, 1.807) is 24.3 Å². The van der Waals surface area contributed by atoms with Crippen molar-refractivity contribution >= 4 is 16.6 Å². The minimum Gasteiger partial charge on any atom is -0.298 e. The average Bonchev–Trinajstić information content (AvgIpc) is 2.26. The van der Waals surface area contributed by atoms with E-state index in [1.165, 1.54) is 13.8 Å². The fourth-order valence-electron chi connectivity index (χ4n) is 1.03.